The highest BCUT2D eigenvalue weighted by molar-refractivity contribution is 5.73. The van der Waals surface area contributed by atoms with Crippen LogP contribution in [0, 0.1) is 11.1 Å². The summed E-state index contributed by atoms with van der Waals surface area (Å²) in [5, 5.41) is 24.5. The molecule has 1 rings (SSSR count). The Morgan fingerprint density at radius 1 is 1.58 bits per heavy atom. The van der Waals surface area contributed by atoms with Gasteiger partial charge < -0.3 is 19.9 Å². The van der Waals surface area contributed by atoms with Crippen LogP contribution in [0.3, 0.4) is 0 Å². The second-order valence-electron chi connectivity index (χ2n) is 4.36. The van der Waals surface area contributed by atoms with E-state index in [1.165, 1.54) is 0 Å². The molecule has 0 spiro atoms. The minimum Gasteiger partial charge on any atom is -0.569 e. The molecule has 0 saturated carbocycles. The summed E-state index contributed by atoms with van der Waals surface area (Å²) in [7, 11) is 0. The number of carbonyl (C=O) groups is 2. The Balaban J connectivity index is 2.40. The van der Waals surface area contributed by atoms with E-state index in [-0.39, 0.29) is 10.9 Å². The van der Waals surface area contributed by atoms with Crippen molar-refractivity contribution in [2.24, 2.45) is 11.2 Å². The zero-order valence-electron chi connectivity index (χ0n) is 10.8. The quantitative estimate of drug-likeness (QED) is 0.187. The van der Waals surface area contributed by atoms with Gasteiger partial charge in [0.1, 0.15) is 0 Å². The largest absolute Gasteiger partial charge is 0.569 e. The number of hydrazine groups is 1. The summed E-state index contributed by atoms with van der Waals surface area (Å²) < 4.78 is 4.64. The van der Waals surface area contributed by atoms with E-state index in [9.17, 15) is 14.8 Å². The molecule has 0 aromatic carbocycles. The van der Waals surface area contributed by atoms with E-state index in [2.05, 4.69) is 14.9 Å². The van der Waals surface area contributed by atoms with Crippen molar-refractivity contribution >= 4 is 11.9 Å². The van der Waals surface area contributed by atoms with E-state index in [4.69, 9.17) is 5.11 Å². The maximum absolute atomic E-state index is 11.5. The summed E-state index contributed by atoms with van der Waals surface area (Å²) >= 11 is 0. The molecule has 1 unspecified atom stereocenters. The molecule has 0 amide bonds. The maximum atomic E-state index is 11.5. The Kier molecular flexibility index (Phi) is 5.34. The van der Waals surface area contributed by atoms with Crippen LogP contribution in [0.2, 0.25) is 0 Å². The molecule has 9 heteroatoms. The zero-order chi connectivity index (χ0) is 14.4. The molecule has 0 aliphatic carbocycles. The number of nitrogens with zero attached hydrogens (tertiary/aromatic N) is 3. The smallest absolute Gasteiger partial charge is 0.332 e. The second-order valence-corrected chi connectivity index (χ2v) is 4.36. The zero-order valence-corrected chi connectivity index (χ0v) is 10.8. The number of aliphatic carboxylic acids is 1. The number of carboxylic acid groups (broad SMARTS) is 1. The Morgan fingerprint density at radius 2 is 2.26 bits per heavy atom. The lowest BCUT2D eigenvalue weighted by molar-refractivity contribution is -0.712. The van der Waals surface area contributed by atoms with Gasteiger partial charge in [0.2, 0.25) is 5.28 Å². The van der Waals surface area contributed by atoms with Crippen LogP contribution in [0.25, 0.3) is 0 Å². The fourth-order valence-electron chi connectivity index (χ4n) is 1.58. The Labute approximate surface area is 109 Å². The first kappa shape index (κ1) is 15.0. The fourth-order valence-corrected chi connectivity index (χ4v) is 1.58. The first-order valence-electron chi connectivity index (χ1n) is 5.89. The van der Waals surface area contributed by atoms with E-state index in [1.54, 1.807) is 13.8 Å². The van der Waals surface area contributed by atoms with Gasteiger partial charge in [-0.3, -0.25) is 4.79 Å². The molecule has 1 heterocycles. The Bertz CT molecular complexity index is 370. The minimum atomic E-state index is -1.08. The number of rotatable bonds is 6. The van der Waals surface area contributed by atoms with E-state index in [0.717, 1.165) is 5.01 Å². The highest BCUT2D eigenvalue weighted by atomic mass is 16.8. The minimum absolute atomic E-state index is 0.0784. The molecule has 0 bridgehead atoms. The molecule has 0 aromatic rings. The van der Waals surface area contributed by atoms with Crippen molar-refractivity contribution in [2.45, 2.75) is 32.7 Å². The molecule has 1 aliphatic rings. The third-order valence-corrected chi connectivity index (χ3v) is 2.58. The fraction of sp³-hybridized carbons (Fsp3) is 0.800. The summed E-state index contributed by atoms with van der Waals surface area (Å²) in [6.45, 7) is 3.11. The van der Waals surface area contributed by atoms with E-state index in [0.29, 0.717) is 19.4 Å². The molecular formula is C10H17N3O6. The molecule has 1 N–H and O–H groups in total. The van der Waals surface area contributed by atoms with Crippen molar-refractivity contribution in [3.05, 3.63) is 5.21 Å². The Hall–Kier alpha value is -2.06. The van der Waals surface area contributed by atoms with Crippen molar-refractivity contribution in [1.82, 2.24) is 5.01 Å². The molecule has 1 fully saturated rings. The van der Waals surface area contributed by atoms with Crippen molar-refractivity contribution in [2.75, 3.05) is 13.3 Å². The topological polar surface area (TPSA) is 114 Å². The summed E-state index contributed by atoms with van der Waals surface area (Å²) in [5.41, 5.74) is 0. The molecule has 9 nitrogen and oxygen atoms in total. The third kappa shape index (κ3) is 4.27. The highest BCUT2D eigenvalue weighted by Crippen LogP contribution is 2.17. The van der Waals surface area contributed by atoms with Crippen LogP contribution < -0.4 is 0 Å². The molecule has 0 radical (unpaired) electrons. The van der Waals surface area contributed by atoms with Gasteiger partial charge >= 0.3 is 11.9 Å². The van der Waals surface area contributed by atoms with Gasteiger partial charge in [0.05, 0.1) is 17.4 Å². The van der Waals surface area contributed by atoms with Crippen LogP contribution in [0.15, 0.2) is 5.28 Å². The normalized spacial score (nSPS) is 19.6. The molecule has 108 valence electrons. The number of hydrogen-bond donors (Lipinski definition) is 1. The van der Waals surface area contributed by atoms with Gasteiger partial charge in [-0.25, -0.2) is 4.79 Å². The molecule has 1 saturated heterocycles. The molecule has 19 heavy (non-hydrogen) atoms. The first-order chi connectivity index (χ1) is 8.93. The van der Waals surface area contributed by atoms with Crippen LogP contribution >= 0.6 is 0 Å². The van der Waals surface area contributed by atoms with Crippen LogP contribution in [-0.2, 0) is 19.2 Å². The lowest BCUT2D eigenvalue weighted by Gasteiger charge is -2.16. The van der Waals surface area contributed by atoms with Gasteiger partial charge in [0, 0.05) is 0 Å². The van der Waals surface area contributed by atoms with Crippen LogP contribution in [0.5, 0.6) is 0 Å². The van der Waals surface area contributed by atoms with Gasteiger partial charge in [-0.1, -0.05) is 13.8 Å². The van der Waals surface area contributed by atoms with Crippen molar-refractivity contribution in [3.63, 3.8) is 0 Å². The number of carbonyl (C=O) groups excluding carboxylic acids is 1. The van der Waals surface area contributed by atoms with Gasteiger partial charge in [-0.15, -0.1) is 5.01 Å². The SMILES string of the molecule is CC(C)C(=O)OCO/N=[N+](\[O-])N1CCCC1C(=O)O. The average Bonchev–Trinajstić information content (AvgIpc) is 2.83. The Morgan fingerprint density at radius 3 is 2.84 bits per heavy atom. The molecule has 0 aromatic heterocycles. The first-order valence-corrected chi connectivity index (χ1v) is 5.89. The highest BCUT2D eigenvalue weighted by Gasteiger charge is 2.36. The summed E-state index contributed by atoms with van der Waals surface area (Å²) in [6, 6.07) is -0.900. The van der Waals surface area contributed by atoms with Crippen molar-refractivity contribution in [3.8, 4) is 0 Å². The summed E-state index contributed by atoms with van der Waals surface area (Å²) in [4.78, 5) is 26.5. The number of esters is 1. The number of hydrogen-bond acceptors (Lipinski definition) is 6. The van der Waals surface area contributed by atoms with Crippen LogP contribution in [0.4, 0.5) is 0 Å². The second kappa shape index (κ2) is 6.76. The van der Waals surface area contributed by atoms with E-state index in [1.807, 2.05) is 0 Å². The average molecular weight is 275 g/mol. The van der Waals surface area contributed by atoms with Gasteiger partial charge in [-0.2, -0.15) is 0 Å². The van der Waals surface area contributed by atoms with Crippen LogP contribution in [-0.4, -0.2) is 46.4 Å². The maximum Gasteiger partial charge on any atom is 0.332 e. The van der Waals surface area contributed by atoms with Crippen molar-refractivity contribution in [1.29, 1.82) is 0 Å². The summed E-state index contributed by atoms with van der Waals surface area (Å²) in [5.74, 6) is -1.86. The predicted molar refractivity (Wildman–Crippen MR) is 60.3 cm³/mol. The lowest BCUT2D eigenvalue weighted by Crippen LogP contribution is -2.40. The van der Waals surface area contributed by atoms with Gasteiger partial charge in [0.25, 0.3) is 6.79 Å². The van der Waals surface area contributed by atoms with E-state index >= 15 is 0 Å². The standard InChI is InChI=1S/C10H17N3O6/c1-7(2)10(16)18-6-19-11-13(17)12-5-3-4-8(12)9(14)15/h7-8H,3-6H2,1-2H3,(H,14,15)/b13-11-. The van der Waals surface area contributed by atoms with Crippen LogP contribution in [0.1, 0.15) is 26.7 Å². The van der Waals surface area contributed by atoms with Gasteiger partial charge in [-0.05, 0) is 12.8 Å². The predicted octanol–water partition coefficient (Wildman–Crippen LogP) is 0.501. The summed E-state index contributed by atoms with van der Waals surface area (Å²) in [6.07, 6.45) is 0.972. The third-order valence-electron chi connectivity index (χ3n) is 2.58. The molecule has 1 aliphatic heterocycles. The molecular weight excluding hydrogens is 258 g/mol. The van der Waals surface area contributed by atoms with Crippen molar-refractivity contribution < 1.29 is 29.2 Å². The van der Waals surface area contributed by atoms with Gasteiger partial charge in [0.15, 0.2) is 6.04 Å². The number of ether oxygens (including phenoxy) is 1. The number of carboxylic acids is 1. The monoisotopic (exact) mass is 275 g/mol. The lowest BCUT2D eigenvalue weighted by atomic mass is 10.2. The molecule has 1 atom stereocenters. The van der Waals surface area contributed by atoms with E-state index < -0.39 is 24.8 Å².